The van der Waals surface area contributed by atoms with Gasteiger partial charge in [-0.05, 0) is 19.1 Å². The highest BCUT2D eigenvalue weighted by atomic mass is 16.6. The summed E-state index contributed by atoms with van der Waals surface area (Å²) in [6.07, 6.45) is 1.04. The molecule has 0 aliphatic rings. The lowest BCUT2D eigenvalue weighted by atomic mass is 10.2. The summed E-state index contributed by atoms with van der Waals surface area (Å²) in [6, 6.07) is 4.74. The first-order valence-corrected chi connectivity index (χ1v) is 6.04. The number of ether oxygens (including phenoxy) is 1. The number of hydrogen-bond acceptors (Lipinski definition) is 6. The molecule has 0 fully saturated rings. The van der Waals surface area contributed by atoms with Crippen LogP contribution in [0.4, 0.5) is 17.1 Å². The molecule has 0 aliphatic heterocycles. The van der Waals surface area contributed by atoms with Crippen LogP contribution in [0, 0.1) is 10.1 Å². The van der Waals surface area contributed by atoms with Crippen LogP contribution in [-0.4, -0.2) is 27.6 Å². The lowest BCUT2D eigenvalue weighted by Gasteiger charge is -2.09. The molecule has 9 nitrogen and oxygen atoms in total. The Morgan fingerprint density at radius 1 is 1.57 bits per heavy atom. The molecule has 2 aromatic rings. The first kappa shape index (κ1) is 14.3. The number of nitro groups is 1. The Hall–Kier alpha value is -3.10. The van der Waals surface area contributed by atoms with Gasteiger partial charge >= 0.3 is 5.69 Å². The molecule has 0 unspecified atom stereocenters. The van der Waals surface area contributed by atoms with Gasteiger partial charge in [0.2, 0.25) is 5.69 Å². The SMILES string of the molecule is CCOc1ccc(NC(=O)c2n[nH]cc2[N+](=O)[O-])c(N)c1. The number of nitrogens with one attached hydrogen (secondary N) is 2. The van der Waals surface area contributed by atoms with Crippen LogP contribution in [-0.2, 0) is 0 Å². The predicted octanol–water partition coefficient (Wildman–Crippen LogP) is 1.55. The maximum absolute atomic E-state index is 12.0. The molecule has 4 N–H and O–H groups in total. The van der Waals surface area contributed by atoms with Gasteiger partial charge < -0.3 is 15.8 Å². The molecule has 9 heteroatoms. The van der Waals surface area contributed by atoms with Crippen LogP contribution in [0.25, 0.3) is 0 Å². The molecule has 0 saturated carbocycles. The van der Waals surface area contributed by atoms with Gasteiger partial charge in [-0.1, -0.05) is 0 Å². The van der Waals surface area contributed by atoms with Crippen LogP contribution < -0.4 is 15.8 Å². The number of benzene rings is 1. The summed E-state index contributed by atoms with van der Waals surface area (Å²) < 4.78 is 5.27. The standard InChI is InChI=1S/C12H13N5O4/c1-2-21-7-3-4-9(8(13)5-7)15-12(18)11-10(17(19)20)6-14-16-11/h3-6H,2,13H2,1H3,(H,14,16)(H,15,18). The molecule has 1 aromatic heterocycles. The van der Waals surface area contributed by atoms with Gasteiger partial charge in [-0.25, -0.2) is 0 Å². The van der Waals surface area contributed by atoms with Crippen molar-refractivity contribution >= 4 is 23.0 Å². The number of amides is 1. The van der Waals surface area contributed by atoms with Crippen molar-refractivity contribution in [2.75, 3.05) is 17.7 Å². The predicted molar refractivity (Wildman–Crippen MR) is 75.2 cm³/mol. The molecule has 0 aliphatic carbocycles. The number of aromatic nitrogens is 2. The monoisotopic (exact) mass is 291 g/mol. The summed E-state index contributed by atoms with van der Waals surface area (Å²) in [4.78, 5) is 22.0. The maximum atomic E-state index is 12.0. The Kier molecular flexibility index (Phi) is 4.02. The average Bonchev–Trinajstić information content (AvgIpc) is 2.91. The fourth-order valence-corrected chi connectivity index (χ4v) is 1.68. The zero-order chi connectivity index (χ0) is 15.4. The smallest absolute Gasteiger partial charge is 0.319 e. The molecule has 0 spiro atoms. The van der Waals surface area contributed by atoms with Crippen molar-refractivity contribution in [3.05, 3.63) is 40.2 Å². The molecule has 21 heavy (non-hydrogen) atoms. The van der Waals surface area contributed by atoms with Crippen molar-refractivity contribution in [1.82, 2.24) is 10.2 Å². The molecule has 0 saturated heterocycles. The van der Waals surface area contributed by atoms with Crippen LogP contribution in [0.2, 0.25) is 0 Å². The molecule has 0 radical (unpaired) electrons. The van der Waals surface area contributed by atoms with Gasteiger partial charge in [0.25, 0.3) is 5.91 Å². The fourth-order valence-electron chi connectivity index (χ4n) is 1.68. The van der Waals surface area contributed by atoms with Gasteiger partial charge in [0, 0.05) is 6.07 Å². The normalized spacial score (nSPS) is 10.1. The quantitative estimate of drug-likeness (QED) is 0.434. The van der Waals surface area contributed by atoms with E-state index in [0.717, 1.165) is 6.20 Å². The number of rotatable bonds is 5. The number of anilines is 2. The highest BCUT2D eigenvalue weighted by molar-refractivity contribution is 6.06. The molecule has 1 aromatic carbocycles. The highest BCUT2D eigenvalue weighted by Gasteiger charge is 2.23. The van der Waals surface area contributed by atoms with E-state index >= 15 is 0 Å². The van der Waals surface area contributed by atoms with Gasteiger partial charge in [0.15, 0.2) is 0 Å². The number of carbonyl (C=O) groups excluding carboxylic acids is 1. The minimum absolute atomic E-state index is 0.285. The summed E-state index contributed by atoms with van der Waals surface area (Å²) in [6.45, 7) is 2.33. The first-order chi connectivity index (χ1) is 10.0. The molecule has 1 amide bonds. The average molecular weight is 291 g/mol. The topological polar surface area (TPSA) is 136 Å². The maximum Gasteiger partial charge on any atom is 0.319 e. The summed E-state index contributed by atoms with van der Waals surface area (Å²) in [5.74, 6) is -0.155. The van der Waals surface area contributed by atoms with E-state index in [1.54, 1.807) is 18.2 Å². The Morgan fingerprint density at radius 3 is 2.95 bits per heavy atom. The fraction of sp³-hybridized carbons (Fsp3) is 0.167. The highest BCUT2D eigenvalue weighted by Crippen LogP contribution is 2.25. The van der Waals surface area contributed by atoms with Crippen molar-refractivity contribution in [2.24, 2.45) is 0 Å². The zero-order valence-corrected chi connectivity index (χ0v) is 11.1. The summed E-state index contributed by atoms with van der Waals surface area (Å²) >= 11 is 0. The van der Waals surface area contributed by atoms with Crippen LogP contribution in [0.5, 0.6) is 5.75 Å². The minimum atomic E-state index is -0.723. The van der Waals surface area contributed by atoms with Crippen molar-refractivity contribution < 1.29 is 14.5 Å². The Bertz CT molecular complexity index is 682. The van der Waals surface area contributed by atoms with Crippen LogP contribution >= 0.6 is 0 Å². The van der Waals surface area contributed by atoms with E-state index in [9.17, 15) is 14.9 Å². The molecule has 0 atom stereocenters. The van der Waals surface area contributed by atoms with Gasteiger partial charge in [-0.3, -0.25) is 20.0 Å². The second kappa shape index (κ2) is 5.90. The summed E-state index contributed by atoms with van der Waals surface area (Å²) in [7, 11) is 0. The van der Waals surface area contributed by atoms with Gasteiger partial charge in [0.1, 0.15) is 11.9 Å². The molecule has 110 valence electrons. The third kappa shape index (κ3) is 3.08. The largest absolute Gasteiger partial charge is 0.494 e. The lowest BCUT2D eigenvalue weighted by molar-refractivity contribution is -0.385. The van der Waals surface area contributed by atoms with Gasteiger partial charge in [0.05, 0.1) is 22.9 Å². The van der Waals surface area contributed by atoms with Crippen LogP contribution in [0.15, 0.2) is 24.4 Å². The van der Waals surface area contributed by atoms with Crippen molar-refractivity contribution in [1.29, 1.82) is 0 Å². The summed E-state index contributed by atoms with van der Waals surface area (Å²) in [5, 5.41) is 19.1. The number of H-pyrrole nitrogens is 1. The van der Waals surface area contributed by atoms with E-state index in [1.165, 1.54) is 0 Å². The number of nitrogen functional groups attached to an aromatic ring is 1. The van der Waals surface area contributed by atoms with Crippen molar-refractivity contribution in [2.45, 2.75) is 6.92 Å². The second-order valence-electron chi connectivity index (χ2n) is 4.01. The van der Waals surface area contributed by atoms with Crippen LogP contribution in [0.1, 0.15) is 17.4 Å². The van der Waals surface area contributed by atoms with Crippen LogP contribution in [0.3, 0.4) is 0 Å². The molecule has 1 heterocycles. The van der Waals surface area contributed by atoms with E-state index in [1.807, 2.05) is 6.92 Å². The molecular weight excluding hydrogens is 278 g/mol. The number of hydrogen-bond donors (Lipinski definition) is 3. The molecule has 0 bridgehead atoms. The Labute approximate surface area is 119 Å². The lowest BCUT2D eigenvalue weighted by Crippen LogP contribution is -2.15. The third-order valence-corrected chi connectivity index (χ3v) is 2.61. The third-order valence-electron chi connectivity index (χ3n) is 2.61. The van der Waals surface area contributed by atoms with E-state index in [4.69, 9.17) is 10.5 Å². The van der Waals surface area contributed by atoms with E-state index in [2.05, 4.69) is 15.5 Å². The Balaban J connectivity index is 2.20. The Morgan fingerprint density at radius 2 is 2.33 bits per heavy atom. The number of nitrogens with zero attached hydrogens (tertiary/aromatic N) is 2. The first-order valence-electron chi connectivity index (χ1n) is 6.04. The van der Waals surface area contributed by atoms with Gasteiger partial charge in [-0.15, -0.1) is 0 Å². The number of carbonyl (C=O) groups is 1. The van der Waals surface area contributed by atoms with Crippen molar-refractivity contribution in [3.8, 4) is 5.75 Å². The molecular formula is C12H13N5O4. The van der Waals surface area contributed by atoms with E-state index in [0.29, 0.717) is 18.0 Å². The summed E-state index contributed by atoms with van der Waals surface area (Å²) in [5.41, 5.74) is 5.68. The van der Waals surface area contributed by atoms with E-state index < -0.39 is 16.5 Å². The zero-order valence-electron chi connectivity index (χ0n) is 11.1. The number of aromatic amines is 1. The van der Waals surface area contributed by atoms with Crippen molar-refractivity contribution in [3.63, 3.8) is 0 Å². The minimum Gasteiger partial charge on any atom is -0.494 e. The number of nitrogens with two attached hydrogens (primary N) is 1. The second-order valence-corrected chi connectivity index (χ2v) is 4.01. The molecule has 2 rings (SSSR count). The van der Waals surface area contributed by atoms with Gasteiger partial charge in [-0.2, -0.15) is 5.10 Å². The van der Waals surface area contributed by atoms with E-state index in [-0.39, 0.29) is 11.4 Å².